The van der Waals surface area contributed by atoms with E-state index in [2.05, 4.69) is 4.72 Å². The number of thiophene rings is 1. The molecule has 1 atom stereocenters. The fourth-order valence-electron chi connectivity index (χ4n) is 2.49. The van der Waals surface area contributed by atoms with E-state index in [0.29, 0.717) is 16.2 Å². The molecule has 25 heavy (non-hydrogen) atoms. The second kappa shape index (κ2) is 7.13. The molecule has 0 aliphatic heterocycles. The van der Waals surface area contributed by atoms with E-state index >= 15 is 0 Å². The van der Waals surface area contributed by atoms with Gasteiger partial charge in [0, 0.05) is 4.88 Å². The maximum Gasteiger partial charge on any atom is 0.215 e. The van der Waals surface area contributed by atoms with Gasteiger partial charge in [-0.2, -0.15) is 0 Å². The summed E-state index contributed by atoms with van der Waals surface area (Å²) in [6.07, 6.45) is 1.45. The van der Waals surface area contributed by atoms with Crippen LogP contribution in [0, 0.1) is 6.92 Å². The van der Waals surface area contributed by atoms with Crippen molar-refractivity contribution in [1.82, 2.24) is 4.72 Å². The number of hydrogen-bond donors (Lipinski definition) is 2. The summed E-state index contributed by atoms with van der Waals surface area (Å²) in [4.78, 5) is 0.612. The van der Waals surface area contributed by atoms with Gasteiger partial charge in [-0.3, -0.25) is 0 Å². The zero-order chi connectivity index (χ0) is 17.9. The summed E-state index contributed by atoms with van der Waals surface area (Å²) in [5.41, 5.74) is 0.215. The van der Waals surface area contributed by atoms with E-state index < -0.39 is 15.6 Å². The highest BCUT2D eigenvalue weighted by Gasteiger charge is 2.36. The first-order chi connectivity index (χ1) is 11.9. The molecule has 0 saturated carbocycles. The van der Waals surface area contributed by atoms with Crippen LogP contribution in [0.1, 0.15) is 21.8 Å². The Kier molecular flexibility index (Phi) is 5.10. The first kappa shape index (κ1) is 17.9. The van der Waals surface area contributed by atoms with E-state index in [1.54, 1.807) is 36.4 Å². The van der Waals surface area contributed by atoms with Gasteiger partial charge < -0.3 is 9.52 Å². The summed E-state index contributed by atoms with van der Waals surface area (Å²) in [6, 6.07) is 14.2. The maximum absolute atomic E-state index is 12.4. The first-order valence-corrected chi connectivity index (χ1v) is 10.3. The highest BCUT2D eigenvalue weighted by molar-refractivity contribution is 7.88. The zero-order valence-electron chi connectivity index (χ0n) is 13.7. The summed E-state index contributed by atoms with van der Waals surface area (Å²) in [5, 5.41) is 12.9. The van der Waals surface area contributed by atoms with Crippen molar-refractivity contribution >= 4 is 21.4 Å². The molecule has 0 radical (unpaired) electrons. The minimum Gasteiger partial charge on any atom is -0.466 e. The number of rotatable bonds is 7. The van der Waals surface area contributed by atoms with Crippen LogP contribution in [0.15, 0.2) is 64.6 Å². The summed E-state index contributed by atoms with van der Waals surface area (Å²) in [5.74, 6) is 0.152. The van der Waals surface area contributed by atoms with Crippen LogP contribution in [-0.4, -0.2) is 20.1 Å². The molecule has 1 aromatic carbocycles. The fourth-order valence-corrected chi connectivity index (χ4v) is 4.48. The van der Waals surface area contributed by atoms with Crippen LogP contribution >= 0.6 is 11.3 Å². The number of sulfonamides is 1. The van der Waals surface area contributed by atoms with Crippen molar-refractivity contribution in [2.24, 2.45) is 0 Å². The Morgan fingerprint density at radius 2 is 1.92 bits per heavy atom. The second-order valence-corrected chi connectivity index (χ2v) is 8.64. The van der Waals surface area contributed by atoms with Gasteiger partial charge in [0.15, 0.2) is 5.60 Å². The molecule has 0 amide bonds. The predicted octanol–water partition coefficient (Wildman–Crippen LogP) is 3.01. The van der Waals surface area contributed by atoms with Crippen LogP contribution in [0.2, 0.25) is 0 Å². The highest BCUT2D eigenvalue weighted by Crippen LogP contribution is 2.32. The topological polar surface area (TPSA) is 79.5 Å². The molecular formula is C18H19NO4S2. The van der Waals surface area contributed by atoms with Crippen LogP contribution in [0.3, 0.4) is 0 Å². The Bertz CT molecular complexity index is 864. The van der Waals surface area contributed by atoms with E-state index in [9.17, 15) is 13.5 Å². The van der Waals surface area contributed by atoms with E-state index in [-0.39, 0.29) is 12.3 Å². The lowest BCUT2D eigenvalue weighted by atomic mass is 9.99. The van der Waals surface area contributed by atoms with Gasteiger partial charge in [0.05, 0.1) is 18.6 Å². The molecule has 2 N–H and O–H groups in total. The quantitative estimate of drug-likeness (QED) is 0.663. The van der Waals surface area contributed by atoms with Gasteiger partial charge in [0.1, 0.15) is 5.76 Å². The Labute approximate surface area is 151 Å². The number of benzene rings is 1. The van der Waals surface area contributed by atoms with Gasteiger partial charge in [-0.05, 0) is 36.1 Å². The largest absolute Gasteiger partial charge is 0.466 e. The lowest BCUT2D eigenvalue weighted by molar-refractivity contribution is 0.0655. The van der Waals surface area contributed by atoms with Crippen molar-refractivity contribution < 1.29 is 17.9 Å². The van der Waals surface area contributed by atoms with Gasteiger partial charge in [-0.25, -0.2) is 13.1 Å². The highest BCUT2D eigenvalue weighted by atomic mass is 32.2. The molecule has 3 aromatic rings. The molecule has 0 aliphatic rings. The molecule has 0 saturated heterocycles. The van der Waals surface area contributed by atoms with E-state index in [1.807, 2.05) is 24.4 Å². The fraction of sp³-hybridized carbons (Fsp3) is 0.222. The van der Waals surface area contributed by atoms with Crippen molar-refractivity contribution in [2.75, 3.05) is 6.54 Å². The van der Waals surface area contributed by atoms with Gasteiger partial charge in [0.25, 0.3) is 0 Å². The minimum absolute atomic E-state index is 0.147. The number of hydrogen-bond acceptors (Lipinski definition) is 5. The van der Waals surface area contributed by atoms with Gasteiger partial charge in [0.2, 0.25) is 10.0 Å². The SMILES string of the molecule is Cc1ccc(CS(=O)(=O)NCC(O)(c2ccco2)c2cccs2)cc1. The van der Waals surface area contributed by atoms with Crippen LogP contribution < -0.4 is 4.72 Å². The van der Waals surface area contributed by atoms with E-state index in [1.165, 1.54) is 17.6 Å². The number of furan rings is 1. The molecule has 0 bridgehead atoms. The molecule has 0 spiro atoms. The maximum atomic E-state index is 12.4. The molecule has 132 valence electrons. The number of aryl methyl sites for hydroxylation is 1. The lowest BCUT2D eigenvalue weighted by Gasteiger charge is -2.25. The summed E-state index contributed by atoms with van der Waals surface area (Å²) in [7, 11) is -3.61. The summed E-state index contributed by atoms with van der Waals surface area (Å²) < 4.78 is 32.7. The Hall–Kier alpha value is -1.93. The van der Waals surface area contributed by atoms with Gasteiger partial charge >= 0.3 is 0 Å². The first-order valence-electron chi connectivity index (χ1n) is 7.72. The molecule has 2 aromatic heterocycles. The van der Waals surface area contributed by atoms with E-state index in [0.717, 1.165) is 5.56 Å². The van der Waals surface area contributed by atoms with Crippen LogP contribution in [0.5, 0.6) is 0 Å². The molecule has 2 heterocycles. The average molecular weight is 377 g/mol. The molecule has 5 nitrogen and oxygen atoms in total. The van der Waals surface area contributed by atoms with Gasteiger partial charge in [-0.1, -0.05) is 35.9 Å². The summed E-state index contributed by atoms with van der Waals surface area (Å²) >= 11 is 1.34. The molecule has 1 unspecified atom stereocenters. The standard InChI is InChI=1S/C18H19NO4S2/c1-14-6-8-15(9-7-14)12-25(21,22)19-13-18(20,16-4-2-10-23-16)17-5-3-11-24-17/h2-11,19-20H,12-13H2,1H3. The lowest BCUT2D eigenvalue weighted by Crippen LogP contribution is -2.41. The Morgan fingerprint density at radius 3 is 2.52 bits per heavy atom. The summed E-state index contributed by atoms with van der Waals surface area (Å²) in [6.45, 7) is 1.75. The second-order valence-electron chi connectivity index (χ2n) is 5.88. The van der Waals surface area contributed by atoms with Crippen LogP contribution in [0.25, 0.3) is 0 Å². The monoisotopic (exact) mass is 377 g/mol. The van der Waals surface area contributed by atoms with Crippen molar-refractivity contribution in [3.05, 3.63) is 81.9 Å². The molecular weight excluding hydrogens is 358 g/mol. The van der Waals surface area contributed by atoms with Crippen molar-refractivity contribution in [2.45, 2.75) is 18.3 Å². The number of aliphatic hydroxyl groups is 1. The van der Waals surface area contributed by atoms with Crippen molar-refractivity contribution in [3.8, 4) is 0 Å². The zero-order valence-corrected chi connectivity index (χ0v) is 15.3. The normalized spacial score (nSPS) is 14.3. The Balaban J connectivity index is 1.78. The molecule has 3 rings (SSSR count). The average Bonchev–Trinajstić information content (AvgIpc) is 3.28. The third-order valence-electron chi connectivity index (χ3n) is 3.88. The molecule has 7 heteroatoms. The van der Waals surface area contributed by atoms with E-state index in [4.69, 9.17) is 4.42 Å². The van der Waals surface area contributed by atoms with Gasteiger partial charge in [-0.15, -0.1) is 11.3 Å². The Morgan fingerprint density at radius 1 is 1.16 bits per heavy atom. The smallest absolute Gasteiger partial charge is 0.215 e. The van der Waals surface area contributed by atoms with Crippen molar-refractivity contribution in [1.29, 1.82) is 0 Å². The molecule has 0 aliphatic carbocycles. The van der Waals surface area contributed by atoms with Crippen LogP contribution in [-0.2, 0) is 21.4 Å². The number of nitrogens with one attached hydrogen (secondary N) is 1. The third-order valence-corrected chi connectivity index (χ3v) is 6.20. The van der Waals surface area contributed by atoms with Crippen LogP contribution in [0.4, 0.5) is 0 Å². The van der Waals surface area contributed by atoms with Crippen molar-refractivity contribution in [3.63, 3.8) is 0 Å². The minimum atomic E-state index is -3.61. The predicted molar refractivity (Wildman–Crippen MR) is 97.8 cm³/mol. The molecule has 0 fully saturated rings. The third kappa shape index (κ3) is 4.19.